The van der Waals surface area contributed by atoms with Crippen LogP contribution in [0.15, 0.2) is 23.7 Å². The van der Waals surface area contributed by atoms with E-state index in [9.17, 15) is 0 Å². The summed E-state index contributed by atoms with van der Waals surface area (Å²) in [5, 5.41) is 0. The van der Waals surface area contributed by atoms with E-state index in [1.165, 1.54) is 37.6 Å². The van der Waals surface area contributed by atoms with Gasteiger partial charge in [-0.1, -0.05) is 37.5 Å². The molecule has 0 bridgehead atoms. The van der Waals surface area contributed by atoms with Crippen molar-refractivity contribution < 1.29 is 9.31 Å². The first-order valence-corrected chi connectivity index (χ1v) is 9.03. The van der Waals surface area contributed by atoms with Crippen molar-refractivity contribution in [3.8, 4) is 0 Å². The summed E-state index contributed by atoms with van der Waals surface area (Å²) < 4.78 is 12.6. The monoisotopic (exact) mass is 304 g/mol. The van der Waals surface area contributed by atoms with Crippen LogP contribution in [0.2, 0.25) is 0 Å². The molecule has 1 saturated carbocycles. The van der Waals surface area contributed by atoms with Gasteiger partial charge >= 0.3 is 7.12 Å². The van der Waals surface area contributed by atoms with Crippen LogP contribution in [-0.2, 0) is 9.31 Å². The van der Waals surface area contributed by atoms with Crippen molar-refractivity contribution in [2.24, 2.45) is 5.92 Å². The highest BCUT2D eigenvalue weighted by atomic mass is 16.7. The largest absolute Gasteiger partial charge is 0.490 e. The number of hydrogen-bond acceptors (Lipinski definition) is 2. The van der Waals surface area contributed by atoms with Gasteiger partial charge in [0, 0.05) is 0 Å². The Labute approximate surface area is 137 Å². The number of hydrogen-bond donors (Lipinski definition) is 0. The highest BCUT2D eigenvalue weighted by Crippen LogP contribution is 2.40. The second-order valence-corrected chi connectivity index (χ2v) is 7.84. The van der Waals surface area contributed by atoms with Gasteiger partial charge in [-0.3, -0.25) is 0 Å². The molecule has 0 amide bonds. The Morgan fingerprint density at radius 2 is 1.64 bits per heavy atom. The fraction of sp³-hybridized carbons (Fsp3) is 0.789. The minimum Gasteiger partial charge on any atom is -0.400 e. The third kappa shape index (κ3) is 4.26. The summed E-state index contributed by atoms with van der Waals surface area (Å²) in [4.78, 5) is 0. The minimum absolute atomic E-state index is 0.169. The van der Waals surface area contributed by atoms with Crippen molar-refractivity contribution in [1.82, 2.24) is 0 Å². The van der Waals surface area contributed by atoms with Gasteiger partial charge in [0.2, 0.25) is 0 Å². The third-order valence-electron chi connectivity index (χ3n) is 5.49. The molecule has 0 N–H and O–H groups in total. The second-order valence-electron chi connectivity index (χ2n) is 7.84. The van der Waals surface area contributed by atoms with Crippen LogP contribution in [0.5, 0.6) is 0 Å². The molecule has 22 heavy (non-hydrogen) atoms. The van der Waals surface area contributed by atoms with Gasteiger partial charge < -0.3 is 9.31 Å². The van der Waals surface area contributed by atoms with E-state index < -0.39 is 0 Å². The van der Waals surface area contributed by atoms with E-state index in [4.69, 9.17) is 9.31 Å². The summed E-state index contributed by atoms with van der Waals surface area (Å²) in [6, 6.07) is 0. The molecular weight excluding hydrogens is 271 g/mol. The lowest BCUT2D eigenvalue weighted by atomic mass is 9.72. The maximum absolute atomic E-state index is 6.28. The van der Waals surface area contributed by atoms with Crippen molar-refractivity contribution in [3.63, 3.8) is 0 Å². The lowest BCUT2D eigenvalue weighted by Gasteiger charge is -2.32. The van der Waals surface area contributed by atoms with Crippen LogP contribution in [0, 0.1) is 5.92 Å². The quantitative estimate of drug-likeness (QED) is 0.494. The molecule has 0 aromatic rings. The molecule has 1 heterocycles. The average Bonchev–Trinajstić information content (AvgIpc) is 2.68. The van der Waals surface area contributed by atoms with Crippen molar-refractivity contribution in [2.45, 2.75) is 90.8 Å². The van der Waals surface area contributed by atoms with Gasteiger partial charge in [0.15, 0.2) is 0 Å². The van der Waals surface area contributed by atoms with E-state index in [1.807, 2.05) is 0 Å². The van der Waals surface area contributed by atoms with Gasteiger partial charge in [-0.25, -0.2) is 0 Å². The zero-order valence-electron chi connectivity index (χ0n) is 15.2. The Balaban J connectivity index is 2.12. The first-order chi connectivity index (χ1) is 10.4. The molecule has 0 spiro atoms. The number of rotatable bonds is 5. The summed E-state index contributed by atoms with van der Waals surface area (Å²) in [5.74, 6) is 0.716. The normalized spacial score (nSPS) is 26.0. The molecule has 0 radical (unpaired) electrons. The smallest absolute Gasteiger partial charge is 0.400 e. The Kier molecular flexibility index (Phi) is 5.96. The maximum Gasteiger partial charge on any atom is 0.490 e. The summed E-state index contributed by atoms with van der Waals surface area (Å²) in [6.45, 7) is 10.6. The van der Waals surface area contributed by atoms with Crippen molar-refractivity contribution in [2.75, 3.05) is 0 Å². The molecule has 2 fully saturated rings. The predicted octanol–water partition coefficient (Wildman–Crippen LogP) is 5.48. The first-order valence-electron chi connectivity index (χ1n) is 9.03. The lowest BCUT2D eigenvalue weighted by molar-refractivity contribution is 0.00578. The van der Waals surface area contributed by atoms with E-state index in [0.717, 1.165) is 12.8 Å². The van der Waals surface area contributed by atoms with Gasteiger partial charge in [-0.2, -0.15) is 0 Å². The van der Waals surface area contributed by atoms with Crippen LogP contribution >= 0.6 is 0 Å². The topological polar surface area (TPSA) is 18.5 Å². The molecule has 1 saturated heterocycles. The fourth-order valence-electron chi connectivity index (χ4n) is 3.29. The summed E-state index contributed by atoms with van der Waals surface area (Å²) in [5.41, 5.74) is 0.858. The van der Waals surface area contributed by atoms with E-state index in [2.05, 4.69) is 52.8 Å². The average molecular weight is 304 g/mol. The predicted molar refractivity (Wildman–Crippen MR) is 94.8 cm³/mol. The Morgan fingerprint density at radius 1 is 1.05 bits per heavy atom. The van der Waals surface area contributed by atoms with Crippen molar-refractivity contribution in [1.29, 1.82) is 0 Å². The Hall–Kier alpha value is -0.535. The lowest BCUT2D eigenvalue weighted by Crippen LogP contribution is -2.41. The second kappa shape index (κ2) is 7.36. The molecule has 1 aliphatic carbocycles. The van der Waals surface area contributed by atoms with Crippen LogP contribution in [0.1, 0.15) is 79.6 Å². The van der Waals surface area contributed by atoms with Gasteiger partial charge in [0.1, 0.15) is 0 Å². The Bertz CT molecular complexity index is 401. The number of allylic oxidation sites excluding steroid dienone is 4. The van der Waals surface area contributed by atoms with Crippen molar-refractivity contribution >= 4 is 7.12 Å². The SMILES string of the molecule is C/C=C/CC/C(=C\C1CCCCC1)B1OC(C)(C)C(C)(C)O1. The molecule has 0 aromatic heterocycles. The fourth-order valence-corrected chi connectivity index (χ4v) is 3.29. The van der Waals surface area contributed by atoms with E-state index >= 15 is 0 Å². The molecule has 2 rings (SSSR count). The molecule has 1 aliphatic heterocycles. The van der Waals surface area contributed by atoms with Crippen molar-refractivity contribution in [3.05, 3.63) is 23.7 Å². The maximum atomic E-state index is 6.28. The van der Waals surface area contributed by atoms with Gasteiger partial charge in [-0.15, -0.1) is 0 Å². The van der Waals surface area contributed by atoms with Crippen LogP contribution in [0.3, 0.4) is 0 Å². The molecule has 2 aliphatic rings. The summed E-state index contributed by atoms with van der Waals surface area (Å²) in [6.07, 6.45) is 15.7. The minimum atomic E-state index is -0.246. The molecule has 0 aromatic carbocycles. The van der Waals surface area contributed by atoms with E-state index in [0.29, 0.717) is 5.92 Å². The molecule has 2 nitrogen and oxygen atoms in total. The zero-order chi connectivity index (χ0) is 16.2. The highest BCUT2D eigenvalue weighted by molar-refractivity contribution is 6.54. The van der Waals surface area contributed by atoms with E-state index in [1.54, 1.807) is 0 Å². The van der Waals surface area contributed by atoms with Crippen LogP contribution in [-0.4, -0.2) is 18.3 Å². The van der Waals surface area contributed by atoms with Gasteiger partial charge in [0.05, 0.1) is 11.2 Å². The van der Waals surface area contributed by atoms with Crippen LogP contribution in [0.4, 0.5) is 0 Å². The van der Waals surface area contributed by atoms with E-state index in [-0.39, 0.29) is 18.3 Å². The molecular formula is C19H33BO2. The van der Waals surface area contributed by atoms with Gasteiger partial charge in [-0.05, 0) is 71.7 Å². The summed E-state index contributed by atoms with van der Waals surface area (Å²) in [7, 11) is -0.169. The van der Waals surface area contributed by atoms with Crippen LogP contribution in [0.25, 0.3) is 0 Å². The zero-order valence-corrected chi connectivity index (χ0v) is 15.2. The Morgan fingerprint density at radius 3 is 2.18 bits per heavy atom. The molecule has 124 valence electrons. The first kappa shape index (κ1) is 17.8. The highest BCUT2D eigenvalue weighted by Gasteiger charge is 2.52. The van der Waals surface area contributed by atoms with Crippen LogP contribution < -0.4 is 0 Å². The van der Waals surface area contributed by atoms with Gasteiger partial charge in [0.25, 0.3) is 0 Å². The summed E-state index contributed by atoms with van der Waals surface area (Å²) >= 11 is 0. The molecule has 0 unspecified atom stereocenters. The standard InChI is InChI=1S/C19H33BO2/c1-6-7-9-14-17(15-16-12-10-8-11-13-16)20-21-18(2,3)19(4,5)22-20/h6-7,15-16H,8-14H2,1-5H3/b7-6+,17-15+. The molecule has 0 atom stereocenters. The third-order valence-corrected chi connectivity index (χ3v) is 5.49. The molecule has 3 heteroatoms.